The molecule has 0 saturated carbocycles. The molecule has 10 aromatic carbocycles. The van der Waals surface area contributed by atoms with E-state index in [1.165, 1.54) is 88.7 Å². The number of benzene rings is 10. The van der Waals surface area contributed by atoms with Gasteiger partial charge in [0, 0.05) is 27.7 Å². The van der Waals surface area contributed by atoms with Crippen molar-refractivity contribution in [3.8, 4) is 50.2 Å². The molecule has 2 heteroatoms. The third-order valence-electron chi connectivity index (χ3n) is 13.6. The van der Waals surface area contributed by atoms with Crippen molar-refractivity contribution in [2.75, 3.05) is 4.90 Å². The van der Waals surface area contributed by atoms with Gasteiger partial charge in [0.05, 0.1) is 27.8 Å². The van der Waals surface area contributed by atoms with Crippen LogP contribution in [-0.2, 0) is 5.41 Å². The highest BCUT2D eigenvalue weighted by molar-refractivity contribution is 6.13. The van der Waals surface area contributed by atoms with Gasteiger partial charge in [0.2, 0.25) is 0 Å². The topological polar surface area (TPSA) is 8.17 Å². The predicted octanol–water partition coefficient (Wildman–Crippen LogP) is 15.9. The average molecular weight is 801 g/mol. The number of nitrogens with zero attached hydrogens (tertiary/aromatic N) is 2. The Balaban J connectivity index is 1.12. The summed E-state index contributed by atoms with van der Waals surface area (Å²) in [6, 6.07) is 89.6. The summed E-state index contributed by atoms with van der Waals surface area (Å²) >= 11 is 0. The zero-order valence-electron chi connectivity index (χ0n) is 34.5. The molecule has 2 heterocycles. The third kappa shape index (κ3) is 5.13. The molecule has 0 bridgehead atoms. The van der Waals surface area contributed by atoms with Crippen molar-refractivity contribution >= 4 is 38.9 Å². The van der Waals surface area contributed by atoms with Gasteiger partial charge >= 0.3 is 0 Å². The number of anilines is 3. The van der Waals surface area contributed by atoms with E-state index in [-0.39, 0.29) is 0 Å². The summed E-state index contributed by atoms with van der Waals surface area (Å²) in [5.41, 5.74) is 21.4. The van der Waals surface area contributed by atoms with Gasteiger partial charge in [-0.2, -0.15) is 0 Å². The SMILES string of the molecule is c1ccc(-c2ccc(N(c3ccc4c(c3)C3(c5ccccc5-c5ccccc53)c3cccc5c6ccccc6n-4c35)c3ccccc3-c3ccccc3-c3ccccc3)cc2)cc1. The van der Waals surface area contributed by atoms with Gasteiger partial charge in [0.15, 0.2) is 0 Å². The van der Waals surface area contributed by atoms with Gasteiger partial charge in [-0.05, 0) is 104 Å². The summed E-state index contributed by atoms with van der Waals surface area (Å²) in [5, 5.41) is 2.55. The number of hydrogen-bond acceptors (Lipinski definition) is 1. The van der Waals surface area contributed by atoms with Gasteiger partial charge in [0.1, 0.15) is 0 Å². The van der Waals surface area contributed by atoms with Crippen molar-refractivity contribution in [3.05, 3.63) is 265 Å². The Bertz CT molecular complexity index is 3520. The van der Waals surface area contributed by atoms with Crippen LogP contribution in [0.5, 0.6) is 0 Å². The van der Waals surface area contributed by atoms with E-state index in [9.17, 15) is 0 Å². The molecule has 0 saturated heterocycles. The molecule has 0 radical (unpaired) electrons. The first-order valence-corrected chi connectivity index (χ1v) is 21.9. The van der Waals surface area contributed by atoms with Crippen LogP contribution in [0.15, 0.2) is 243 Å². The molecule has 1 aliphatic heterocycles. The van der Waals surface area contributed by atoms with Crippen molar-refractivity contribution in [2.24, 2.45) is 0 Å². The standard InChI is InChI=1S/C61H40N2/c1-3-18-41(19-4-1)42-34-36-44(37-35-42)62(57-32-15-11-26-50(57)47-23-8-7-22-46(47)43-20-5-2-6-21-43)45-38-39-59-56(40-45)61(53-29-13-9-24-48(53)49-25-10-14-30-54(49)61)55-31-17-28-52-51-27-12-16-33-58(51)63(59)60(52)55/h1-40H. The van der Waals surface area contributed by atoms with Crippen molar-refractivity contribution in [1.82, 2.24) is 4.57 Å². The quantitative estimate of drug-likeness (QED) is 0.163. The van der Waals surface area contributed by atoms with Gasteiger partial charge in [0.25, 0.3) is 0 Å². The Morgan fingerprint density at radius 2 is 0.841 bits per heavy atom. The van der Waals surface area contributed by atoms with Gasteiger partial charge in [-0.25, -0.2) is 0 Å². The molecule has 13 rings (SSSR count). The average Bonchev–Trinajstić information content (AvgIpc) is 3.86. The monoisotopic (exact) mass is 800 g/mol. The van der Waals surface area contributed by atoms with Crippen LogP contribution in [0.4, 0.5) is 17.1 Å². The van der Waals surface area contributed by atoms with Crippen LogP contribution in [0.1, 0.15) is 22.3 Å². The summed E-state index contributed by atoms with van der Waals surface area (Å²) in [6.45, 7) is 0. The molecular formula is C61H40N2. The molecule has 294 valence electrons. The molecule has 0 amide bonds. The number of fused-ring (bicyclic) bond motifs is 12. The molecule has 0 atom stereocenters. The van der Waals surface area contributed by atoms with Gasteiger partial charge in [-0.3, -0.25) is 0 Å². The summed E-state index contributed by atoms with van der Waals surface area (Å²) in [7, 11) is 0. The lowest BCUT2D eigenvalue weighted by Crippen LogP contribution is -2.33. The van der Waals surface area contributed by atoms with E-state index in [0.29, 0.717) is 0 Å². The summed E-state index contributed by atoms with van der Waals surface area (Å²) in [6.07, 6.45) is 0. The minimum absolute atomic E-state index is 0.565. The fourth-order valence-electron chi connectivity index (χ4n) is 11.0. The molecule has 63 heavy (non-hydrogen) atoms. The fourth-order valence-corrected chi connectivity index (χ4v) is 11.0. The lowest BCUT2D eigenvalue weighted by molar-refractivity contribution is 0.748. The van der Waals surface area contributed by atoms with Gasteiger partial charge in [-0.1, -0.05) is 200 Å². The maximum atomic E-state index is 2.54. The van der Waals surface area contributed by atoms with E-state index in [4.69, 9.17) is 0 Å². The largest absolute Gasteiger partial charge is 0.310 e. The first kappa shape index (κ1) is 35.5. The molecule has 11 aromatic rings. The van der Waals surface area contributed by atoms with Crippen molar-refractivity contribution in [1.29, 1.82) is 0 Å². The molecule has 1 aromatic heterocycles. The summed E-state index contributed by atoms with van der Waals surface area (Å²) < 4.78 is 2.54. The first-order chi connectivity index (χ1) is 31.3. The second kappa shape index (κ2) is 13.9. The molecule has 0 unspecified atom stereocenters. The molecule has 2 aliphatic rings. The molecule has 2 nitrogen and oxygen atoms in total. The van der Waals surface area contributed by atoms with Crippen LogP contribution >= 0.6 is 0 Å². The number of rotatable bonds is 6. The lowest BCUT2D eigenvalue weighted by Gasteiger charge is -2.40. The third-order valence-corrected chi connectivity index (χ3v) is 13.6. The second-order valence-corrected chi connectivity index (χ2v) is 16.8. The highest BCUT2D eigenvalue weighted by Crippen LogP contribution is 2.61. The van der Waals surface area contributed by atoms with Crippen LogP contribution in [0.2, 0.25) is 0 Å². The molecule has 1 spiro atoms. The van der Waals surface area contributed by atoms with E-state index in [1.54, 1.807) is 0 Å². The van der Waals surface area contributed by atoms with Crippen molar-refractivity contribution < 1.29 is 0 Å². The second-order valence-electron chi connectivity index (χ2n) is 16.8. The Morgan fingerprint density at radius 3 is 1.57 bits per heavy atom. The van der Waals surface area contributed by atoms with Crippen LogP contribution in [0.25, 0.3) is 72.0 Å². The number of aromatic nitrogens is 1. The van der Waals surface area contributed by atoms with Gasteiger partial charge < -0.3 is 9.47 Å². The Labute approximate surface area is 367 Å². The Morgan fingerprint density at radius 1 is 0.317 bits per heavy atom. The molecule has 1 aliphatic carbocycles. The van der Waals surface area contributed by atoms with E-state index in [1.807, 2.05) is 0 Å². The van der Waals surface area contributed by atoms with E-state index >= 15 is 0 Å². The Kier molecular flexibility index (Phi) is 7.85. The minimum Gasteiger partial charge on any atom is -0.310 e. The highest BCUT2D eigenvalue weighted by Gasteiger charge is 2.51. The highest BCUT2D eigenvalue weighted by atomic mass is 15.1. The van der Waals surface area contributed by atoms with Crippen molar-refractivity contribution in [2.45, 2.75) is 5.41 Å². The zero-order valence-corrected chi connectivity index (χ0v) is 34.5. The number of para-hydroxylation sites is 3. The van der Waals surface area contributed by atoms with Crippen LogP contribution in [0.3, 0.4) is 0 Å². The van der Waals surface area contributed by atoms with Crippen LogP contribution < -0.4 is 4.90 Å². The summed E-state index contributed by atoms with van der Waals surface area (Å²) in [5.74, 6) is 0. The van der Waals surface area contributed by atoms with Crippen LogP contribution in [0, 0.1) is 0 Å². The summed E-state index contributed by atoms with van der Waals surface area (Å²) in [4.78, 5) is 2.48. The lowest BCUT2D eigenvalue weighted by atomic mass is 9.65. The first-order valence-electron chi connectivity index (χ1n) is 21.9. The van der Waals surface area contributed by atoms with Gasteiger partial charge in [-0.15, -0.1) is 0 Å². The zero-order chi connectivity index (χ0) is 41.5. The predicted molar refractivity (Wildman–Crippen MR) is 263 cm³/mol. The van der Waals surface area contributed by atoms with Crippen molar-refractivity contribution in [3.63, 3.8) is 0 Å². The minimum atomic E-state index is -0.565. The number of hydrogen-bond donors (Lipinski definition) is 0. The smallest absolute Gasteiger partial charge is 0.0755 e. The molecule has 0 fully saturated rings. The fraction of sp³-hybridized carbons (Fsp3) is 0.0164. The molecule has 0 N–H and O–H groups in total. The maximum Gasteiger partial charge on any atom is 0.0755 e. The maximum absolute atomic E-state index is 2.54. The normalized spacial score (nSPS) is 12.9. The van der Waals surface area contributed by atoms with E-state index in [2.05, 4.69) is 252 Å². The molecular weight excluding hydrogens is 761 g/mol. The van der Waals surface area contributed by atoms with E-state index < -0.39 is 5.41 Å². The van der Waals surface area contributed by atoms with E-state index in [0.717, 1.165) is 22.6 Å². The van der Waals surface area contributed by atoms with Crippen LogP contribution in [-0.4, -0.2) is 4.57 Å². The Hall–Kier alpha value is -8.20.